The molecule has 0 radical (unpaired) electrons. The van der Waals surface area contributed by atoms with Gasteiger partial charge in [-0.25, -0.2) is 4.99 Å². The van der Waals surface area contributed by atoms with Crippen molar-refractivity contribution in [3.05, 3.63) is 71.7 Å². The molecule has 0 unspecified atom stereocenters. The highest BCUT2D eigenvalue weighted by Gasteiger charge is 2.32. The van der Waals surface area contributed by atoms with Gasteiger partial charge in [0.2, 0.25) is 0 Å². The van der Waals surface area contributed by atoms with Crippen molar-refractivity contribution in [1.82, 2.24) is 4.90 Å². The molecule has 1 aliphatic heterocycles. The van der Waals surface area contributed by atoms with Gasteiger partial charge in [-0.05, 0) is 66.7 Å². The molecule has 1 amide bonds. The molecule has 0 N–H and O–H groups in total. The Balaban J connectivity index is 1.86. The minimum atomic E-state index is -0.0590. The van der Waals surface area contributed by atoms with Gasteiger partial charge in [0.1, 0.15) is 5.75 Å². The van der Waals surface area contributed by atoms with Crippen LogP contribution in [0.4, 0.5) is 11.4 Å². The summed E-state index contributed by atoms with van der Waals surface area (Å²) in [6, 6.07) is 15.6. The van der Waals surface area contributed by atoms with Crippen molar-refractivity contribution in [2.75, 3.05) is 32.1 Å². The number of rotatable bonds is 7. The lowest BCUT2D eigenvalue weighted by molar-refractivity contribution is -0.121. The maximum atomic E-state index is 12.9. The van der Waals surface area contributed by atoms with E-state index >= 15 is 0 Å². The smallest absolute Gasteiger partial charge is 0.267 e. The second-order valence-electron chi connectivity index (χ2n) is 6.62. The average molecular weight is 408 g/mol. The molecule has 0 spiro atoms. The first-order valence-corrected chi connectivity index (χ1v) is 10.2. The Labute approximate surface area is 176 Å². The molecule has 1 aliphatic rings. The number of thioether (sulfide) groups is 1. The van der Waals surface area contributed by atoms with E-state index < -0.39 is 0 Å². The number of hydrogen-bond acceptors (Lipinski definition) is 5. The zero-order valence-electron chi connectivity index (χ0n) is 17.0. The number of amides is 1. The maximum Gasteiger partial charge on any atom is 0.267 e. The Morgan fingerprint density at radius 1 is 1.14 bits per heavy atom. The van der Waals surface area contributed by atoms with Gasteiger partial charge in [0.25, 0.3) is 5.91 Å². The van der Waals surface area contributed by atoms with Gasteiger partial charge in [-0.2, -0.15) is 0 Å². The van der Waals surface area contributed by atoms with Crippen molar-refractivity contribution in [1.29, 1.82) is 0 Å². The molecule has 0 saturated carbocycles. The molecular formula is C23H25N3O2S. The summed E-state index contributed by atoms with van der Waals surface area (Å²) in [6.45, 7) is 6.75. The van der Waals surface area contributed by atoms with E-state index in [9.17, 15) is 4.79 Å². The summed E-state index contributed by atoms with van der Waals surface area (Å²) >= 11 is 1.38. The number of aliphatic imine (C=N–C) groups is 1. The molecule has 29 heavy (non-hydrogen) atoms. The van der Waals surface area contributed by atoms with Crippen LogP contribution in [0.2, 0.25) is 0 Å². The van der Waals surface area contributed by atoms with Crippen LogP contribution in [0, 0.1) is 0 Å². The highest BCUT2D eigenvalue weighted by Crippen LogP contribution is 2.34. The number of nitrogens with zero attached hydrogens (tertiary/aromatic N) is 3. The number of benzene rings is 2. The molecule has 2 aromatic rings. The molecule has 6 heteroatoms. The minimum absolute atomic E-state index is 0.0590. The van der Waals surface area contributed by atoms with Gasteiger partial charge in [-0.15, -0.1) is 6.58 Å². The molecule has 1 saturated heterocycles. The molecule has 150 valence electrons. The van der Waals surface area contributed by atoms with Crippen molar-refractivity contribution in [3.63, 3.8) is 0 Å². The average Bonchev–Trinajstić information content (AvgIpc) is 2.99. The summed E-state index contributed by atoms with van der Waals surface area (Å²) in [6.07, 6.45) is 3.62. The van der Waals surface area contributed by atoms with Gasteiger partial charge in [-0.1, -0.05) is 18.2 Å². The SMILES string of the molecule is C=CCN1C(=O)/C(=C/c2ccc(N(C)C)cc2)SC1=Nc1ccc(OCC)cc1. The Hall–Kier alpha value is -2.99. The molecule has 1 fully saturated rings. The van der Waals surface area contributed by atoms with Crippen LogP contribution >= 0.6 is 11.8 Å². The van der Waals surface area contributed by atoms with Gasteiger partial charge >= 0.3 is 0 Å². The van der Waals surface area contributed by atoms with Gasteiger partial charge in [0.05, 0.1) is 17.2 Å². The molecule has 5 nitrogen and oxygen atoms in total. The Morgan fingerprint density at radius 3 is 2.41 bits per heavy atom. The fourth-order valence-electron chi connectivity index (χ4n) is 2.80. The number of carbonyl (C=O) groups is 1. The lowest BCUT2D eigenvalue weighted by Gasteiger charge is -2.12. The molecular weight excluding hydrogens is 382 g/mol. The maximum absolute atomic E-state index is 12.9. The van der Waals surface area contributed by atoms with Crippen LogP contribution in [-0.4, -0.2) is 43.2 Å². The fourth-order valence-corrected chi connectivity index (χ4v) is 3.80. The second kappa shape index (κ2) is 9.47. The van der Waals surface area contributed by atoms with Crippen LogP contribution in [0.15, 0.2) is 71.1 Å². The van der Waals surface area contributed by atoms with Crippen molar-refractivity contribution < 1.29 is 9.53 Å². The Kier molecular flexibility index (Phi) is 6.77. The number of anilines is 1. The van der Waals surface area contributed by atoms with Gasteiger partial charge < -0.3 is 9.64 Å². The molecule has 3 rings (SSSR count). The van der Waals surface area contributed by atoms with E-state index in [-0.39, 0.29) is 5.91 Å². The number of carbonyl (C=O) groups excluding carboxylic acids is 1. The van der Waals surface area contributed by atoms with E-state index in [1.165, 1.54) is 11.8 Å². The van der Waals surface area contributed by atoms with Crippen molar-refractivity contribution >= 4 is 40.3 Å². The van der Waals surface area contributed by atoms with E-state index in [1.807, 2.05) is 80.5 Å². The van der Waals surface area contributed by atoms with E-state index in [4.69, 9.17) is 4.74 Å². The second-order valence-corrected chi connectivity index (χ2v) is 7.63. The molecule has 0 aliphatic carbocycles. The van der Waals surface area contributed by atoms with E-state index in [0.29, 0.717) is 23.2 Å². The quantitative estimate of drug-likeness (QED) is 0.482. The number of amidine groups is 1. The van der Waals surface area contributed by atoms with Crippen molar-refractivity contribution in [2.45, 2.75) is 6.92 Å². The molecule has 0 aromatic heterocycles. The zero-order valence-corrected chi connectivity index (χ0v) is 17.8. The monoisotopic (exact) mass is 407 g/mol. The molecule has 0 atom stereocenters. The van der Waals surface area contributed by atoms with E-state index in [2.05, 4.69) is 11.6 Å². The van der Waals surface area contributed by atoms with Crippen molar-refractivity contribution in [2.24, 2.45) is 4.99 Å². The molecule has 0 bridgehead atoms. The molecule has 2 aromatic carbocycles. The summed E-state index contributed by atoms with van der Waals surface area (Å²) in [5.41, 5.74) is 2.87. The third-order valence-corrected chi connectivity index (χ3v) is 5.29. The van der Waals surface area contributed by atoms with Crippen LogP contribution in [0.1, 0.15) is 12.5 Å². The lowest BCUT2D eigenvalue weighted by atomic mass is 10.2. The lowest BCUT2D eigenvalue weighted by Crippen LogP contribution is -2.29. The first-order valence-electron chi connectivity index (χ1n) is 9.43. The third-order valence-electron chi connectivity index (χ3n) is 4.28. The van der Waals surface area contributed by atoms with Crippen LogP contribution in [0.3, 0.4) is 0 Å². The van der Waals surface area contributed by atoms with E-state index in [0.717, 1.165) is 22.7 Å². The van der Waals surface area contributed by atoms with Crippen molar-refractivity contribution in [3.8, 4) is 5.75 Å². The van der Waals surface area contributed by atoms with Crippen LogP contribution < -0.4 is 9.64 Å². The predicted octanol–water partition coefficient (Wildman–Crippen LogP) is 4.94. The summed E-state index contributed by atoms with van der Waals surface area (Å²) in [5.74, 6) is 0.743. The van der Waals surface area contributed by atoms with Crippen LogP contribution in [0.25, 0.3) is 6.08 Å². The highest BCUT2D eigenvalue weighted by molar-refractivity contribution is 8.18. The predicted molar refractivity (Wildman–Crippen MR) is 123 cm³/mol. The third kappa shape index (κ3) is 5.09. The summed E-state index contributed by atoms with van der Waals surface area (Å²) in [4.78, 5) is 21.9. The summed E-state index contributed by atoms with van der Waals surface area (Å²) in [5, 5.41) is 0.648. The van der Waals surface area contributed by atoms with E-state index in [1.54, 1.807) is 11.0 Å². The zero-order chi connectivity index (χ0) is 20.8. The topological polar surface area (TPSA) is 45.1 Å². The first kappa shape index (κ1) is 20.7. The normalized spacial score (nSPS) is 16.5. The first-order chi connectivity index (χ1) is 14.0. The van der Waals surface area contributed by atoms with Crippen LogP contribution in [0.5, 0.6) is 5.75 Å². The summed E-state index contributed by atoms with van der Waals surface area (Å²) < 4.78 is 5.47. The minimum Gasteiger partial charge on any atom is -0.494 e. The summed E-state index contributed by atoms with van der Waals surface area (Å²) in [7, 11) is 4.00. The largest absolute Gasteiger partial charge is 0.494 e. The van der Waals surface area contributed by atoms with Gasteiger partial charge in [-0.3, -0.25) is 9.69 Å². The standard InChI is InChI=1S/C23H25N3O2S/c1-5-15-26-22(27)21(16-17-7-11-19(12-8-17)25(3)4)29-23(26)24-18-9-13-20(14-10-18)28-6-2/h5,7-14,16H,1,6,15H2,2-4H3/b21-16-,24-23?. The highest BCUT2D eigenvalue weighted by atomic mass is 32.2. The Morgan fingerprint density at radius 2 is 1.83 bits per heavy atom. The van der Waals surface area contributed by atoms with Crippen LogP contribution in [-0.2, 0) is 4.79 Å². The van der Waals surface area contributed by atoms with Gasteiger partial charge in [0, 0.05) is 26.3 Å². The number of ether oxygens (including phenoxy) is 1. The number of hydrogen-bond donors (Lipinski definition) is 0. The Bertz CT molecular complexity index is 932. The van der Waals surface area contributed by atoms with Gasteiger partial charge in [0.15, 0.2) is 5.17 Å². The fraction of sp³-hybridized carbons (Fsp3) is 0.217. The molecule has 1 heterocycles.